The number of nitrogens with one attached hydrogen (secondary N) is 1. The molecule has 2 aliphatic heterocycles. The molecule has 17 heavy (non-hydrogen) atoms. The maximum Gasteiger partial charge on any atom is 0.227 e. The van der Waals surface area contributed by atoms with Gasteiger partial charge in [-0.15, -0.1) is 0 Å². The first-order valence-corrected chi connectivity index (χ1v) is 6.52. The van der Waals surface area contributed by atoms with E-state index in [1.54, 1.807) is 7.11 Å². The average Bonchev–Trinajstić information content (AvgIpc) is 2.90. The van der Waals surface area contributed by atoms with E-state index in [4.69, 9.17) is 4.74 Å². The number of carbonyl (C=O) groups is 1. The van der Waals surface area contributed by atoms with Crippen LogP contribution in [0.15, 0.2) is 0 Å². The van der Waals surface area contributed by atoms with Gasteiger partial charge in [-0.2, -0.15) is 0 Å². The second-order valence-electron chi connectivity index (χ2n) is 4.85. The molecule has 5 heteroatoms. The number of hydrogen-bond acceptors (Lipinski definition) is 4. The van der Waals surface area contributed by atoms with E-state index in [0.29, 0.717) is 5.91 Å². The minimum Gasteiger partial charge on any atom is -0.383 e. The molecule has 2 rings (SSSR count). The summed E-state index contributed by atoms with van der Waals surface area (Å²) < 4.78 is 5.07. The number of amides is 1. The Kier molecular flexibility index (Phi) is 4.76. The van der Waals surface area contributed by atoms with Gasteiger partial charge in [-0.3, -0.25) is 9.69 Å². The fraction of sp³-hybridized carbons (Fsp3) is 0.917. The van der Waals surface area contributed by atoms with E-state index in [0.717, 1.165) is 58.8 Å². The molecule has 0 saturated carbocycles. The molecule has 0 aromatic heterocycles. The van der Waals surface area contributed by atoms with Crippen molar-refractivity contribution in [2.75, 3.05) is 59.5 Å². The maximum absolute atomic E-state index is 12.2. The lowest BCUT2D eigenvalue weighted by atomic mass is 10.1. The van der Waals surface area contributed by atoms with E-state index in [1.807, 2.05) is 4.90 Å². The summed E-state index contributed by atoms with van der Waals surface area (Å²) in [4.78, 5) is 16.6. The molecule has 0 spiro atoms. The number of piperazine rings is 1. The van der Waals surface area contributed by atoms with Crippen LogP contribution >= 0.6 is 0 Å². The van der Waals surface area contributed by atoms with Crippen molar-refractivity contribution in [2.24, 2.45) is 5.92 Å². The number of rotatable bonds is 4. The zero-order chi connectivity index (χ0) is 12.1. The molecule has 1 N–H and O–H groups in total. The average molecular weight is 241 g/mol. The first-order valence-electron chi connectivity index (χ1n) is 6.52. The van der Waals surface area contributed by atoms with Crippen LogP contribution in [0.1, 0.15) is 6.42 Å². The van der Waals surface area contributed by atoms with E-state index in [2.05, 4.69) is 10.2 Å². The lowest BCUT2D eigenvalue weighted by molar-refractivity contribution is -0.136. The lowest BCUT2D eigenvalue weighted by Gasteiger charge is -2.35. The van der Waals surface area contributed by atoms with Gasteiger partial charge >= 0.3 is 0 Å². The summed E-state index contributed by atoms with van der Waals surface area (Å²) in [5, 5.41) is 3.25. The molecule has 0 bridgehead atoms. The largest absolute Gasteiger partial charge is 0.383 e. The van der Waals surface area contributed by atoms with Gasteiger partial charge in [0.25, 0.3) is 0 Å². The summed E-state index contributed by atoms with van der Waals surface area (Å²) in [6.45, 7) is 7.32. The van der Waals surface area contributed by atoms with E-state index in [-0.39, 0.29) is 5.92 Å². The van der Waals surface area contributed by atoms with Gasteiger partial charge in [-0.05, 0) is 13.0 Å². The molecule has 5 nitrogen and oxygen atoms in total. The van der Waals surface area contributed by atoms with Crippen LogP contribution < -0.4 is 5.32 Å². The highest BCUT2D eigenvalue weighted by molar-refractivity contribution is 5.79. The topological polar surface area (TPSA) is 44.8 Å². The van der Waals surface area contributed by atoms with Gasteiger partial charge in [0.15, 0.2) is 0 Å². The quantitative estimate of drug-likeness (QED) is 0.713. The van der Waals surface area contributed by atoms with E-state index in [1.165, 1.54) is 0 Å². The van der Waals surface area contributed by atoms with E-state index >= 15 is 0 Å². The third-order valence-electron chi connectivity index (χ3n) is 3.71. The van der Waals surface area contributed by atoms with Crippen LogP contribution in [0.3, 0.4) is 0 Å². The van der Waals surface area contributed by atoms with Crippen LogP contribution in [0.25, 0.3) is 0 Å². The minimum atomic E-state index is 0.223. The number of hydrogen-bond donors (Lipinski definition) is 1. The highest BCUT2D eigenvalue weighted by Crippen LogP contribution is 2.13. The minimum absolute atomic E-state index is 0.223. The van der Waals surface area contributed by atoms with Crippen molar-refractivity contribution in [1.82, 2.24) is 15.1 Å². The number of ether oxygens (including phenoxy) is 1. The molecule has 0 unspecified atom stereocenters. The van der Waals surface area contributed by atoms with E-state index in [9.17, 15) is 4.79 Å². The predicted octanol–water partition coefficient (Wildman–Crippen LogP) is -0.613. The fourth-order valence-electron chi connectivity index (χ4n) is 2.54. The van der Waals surface area contributed by atoms with Gasteiger partial charge in [0.2, 0.25) is 5.91 Å². The molecule has 0 aliphatic carbocycles. The Hall–Kier alpha value is -0.650. The van der Waals surface area contributed by atoms with Crippen molar-refractivity contribution in [2.45, 2.75) is 6.42 Å². The highest BCUT2D eigenvalue weighted by Gasteiger charge is 2.29. The fourth-order valence-corrected chi connectivity index (χ4v) is 2.54. The van der Waals surface area contributed by atoms with Crippen LogP contribution in [0.4, 0.5) is 0 Å². The molecule has 1 atom stereocenters. The Bertz CT molecular complexity index is 246. The monoisotopic (exact) mass is 241 g/mol. The first-order chi connectivity index (χ1) is 8.31. The third-order valence-corrected chi connectivity index (χ3v) is 3.71. The highest BCUT2D eigenvalue weighted by atomic mass is 16.5. The number of carbonyl (C=O) groups excluding carboxylic acids is 1. The standard InChI is InChI=1S/C12H23N3O2/c1-17-9-8-14-4-6-15(7-5-14)12(16)11-2-3-13-10-11/h11,13H,2-10H2,1H3/t11-/m1/s1. The normalized spacial score (nSPS) is 26.4. The van der Waals surface area contributed by atoms with Crippen LogP contribution in [0, 0.1) is 5.92 Å². The SMILES string of the molecule is COCCN1CCN(C(=O)[C@@H]2CCNC2)CC1. The second-order valence-corrected chi connectivity index (χ2v) is 4.85. The van der Waals surface area contributed by atoms with Gasteiger partial charge < -0.3 is 15.0 Å². The molecular formula is C12H23N3O2. The molecule has 0 aromatic carbocycles. The Morgan fingerprint density at radius 3 is 2.71 bits per heavy atom. The second kappa shape index (κ2) is 6.33. The van der Waals surface area contributed by atoms with Gasteiger partial charge in [-0.25, -0.2) is 0 Å². The van der Waals surface area contributed by atoms with E-state index < -0.39 is 0 Å². The molecular weight excluding hydrogens is 218 g/mol. The number of nitrogens with zero attached hydrogens (tertiary/aromatic N) is 2. The third kappa shape index (κ3) is 3.40. The van der Waals surface area contributed by atoms with Crippen LogP contribution in [-0.2, 0) is 9.53 Å². The summed E-state index contributed by atoms with van der Waals surface area (Å²) in [6, 6.07) is 0. The zero-order valence-corrected chi connectivity index (χ0v) is 10.7. The molecule has 1 amide bonds. The molecule has 0 aromatic rings. The molecule has 2 aliphatic rings. The summed E-state index contributed by atoms with van der Waals surface area (Å²) in [6.07, 6.45) is 1.00. The summed E-state index contributed by atoms with van der Waals surface area (Å²) in [5.41, 5.74) is 0. The van der Waals surface area contributed by atoms with Crippen molar-refractivity contribution in [1.29, 1.82) is 0 Å². The van der Waals surface area contributed by atoms with Crippen LogP contribution in [-0.4, -0.2) is 75.2 Å². The van der Waals surface area contributed by atoms with Crippen molar-refractivity contribution < 1.29 is 9.53 Å². The van der Waals surface area contributed by atoms with Crippen molar-refractivity contribution in [3.8, 4) is 0 Å². The first kappa shape index (κ1) is 12.8. The van der Waals surface area contributed by atoms with Crippen LogP contribution in [0.2, 0.25) is 0 Å². The molecule has 2 heterocycles. The van der Waals surface area contributed by atoms with Gasteiger partial charge in [-0.1, -0.05) is 0 Å². The van der Waals surface area contributed by atoms with Crippen molar-refractivity contribution in [3.05, 3.63) is 0 Å². The summed E-state index contributed by atoms with van der Waals surface area (Å²) >= 11 is 0. The van der Waals surface area contributed by atoms with Gasteiger partial charge in [0, 0.05) is 46.4 Å². The summed E-state index contributed by atoms with van der Waals surface area (Å²) in [5.74, 6) is 0.571. The lowest BCUT2D eigenvalue weighted by Crippen LogP contribution is -2.51. The van der Waals surface area contributed by atoms with Crippen molar-refractivity contribution in [3.63, 3.8) is 0 Å². The smallest absolute Gasteiger partial charge is 0.227 e. The Morgan fingerprint density at radius 1 is 1.35 bits per heavy atom. The Balaban J connectivity index is 1.72. The molecule has 0 radical (unpaired) electrons. The zero-order valence-electron chi connectivity index (χ0n) is 10.7. The molecule has 98 valence electrons. The maximum atomic E-state index is 12.2. The summed E-state index contributed by atoms with van der Waals surface area (Å²) in [7, 11) is 1.73. The van der Waals surface area contributed by atoms with Gasteiger partial charge in [0.05, 0.1) is 12.5 Å². The Morgan fingerprint density at radius 2 is 2.12 bits per heavy atom. The van der Waals surface area contributed by atoms with Gasteiger partial charge in [0.1, 0.15) is 0 Å². The van der Waals surface area contributed by atoms with Crippen LogP contribution in [0.5, 0.6) is 0 Å². The Labute approximate surface area is 103 Å². The molecule has 2 saturated heterocycles. The number of methoxy groups -OCH3 is 1. The predicted molar refractivity (Wildman–Crippen MR) is 65.9 cm³/mol. The molecule has 2 fully saturated rings. The van der Waals surface area contributed by atoms with Crippen molar-refractivity contribution >= 4 is 5.91 Å².